The van der Waals surface area contributed by atoms with Crippen molar-refractivity contribution in [3.05, 3.63) is 88.9 Å². The van der Waals surface area contributed by atoms with Crippen LogP contribution in [0.4, 0.5) is 11.4 Å². The third-order valence-electron chi connectivity index (χ3n) is 6.00. The van der Waals surface area contributed by atoms with Gasteiger partial charge in [-0.25, -0.2) is 0 Å². The van der Waals surface area contributed by atoms with Crippen LogP contribution in [-0.2, 0) is 11.4 Å². The fourth-order valence-electron chi connectivity index (χ4n) is 4.01. The van der Waals surface area contributed by atoms with Gasteiger partial charge in [0.2, 0.25) is 5.91 Å². The van der Waals surface area contributed by atoms with Gasteiger partial charge in [0, 0.05) is 43.3 Å². The van der Waals surface area contributed by atoms with E-state index in [4.69, 9.17) is 16.3 Å². The van der Waals surface area contributed by atoms with Gasteiger partial charge in [-0.15, -0.1) is 0 Å². The summed E-state index contributed by atoms with van der Waals surface area (Å²) in [5, 5.41) is 3.48. The van der Waals surface area contributed by atoms with Crippen LogP contribution in [0.3, 0.4) is 0 Å². The molecule has 0 atom stereocenters. The lowest BCUT2D eigenvalue weighted by Crippen LogP contribution is -2.50. The molecule has 3 aromatic carbocycles. The third-order valence-corrected chi connectivity index (χ3v) is 6.30. The van der Waals surface area contributed by atoms with Gasteiger partial charge >= 0.3 is 0 Å². The average molecular weight is 492 g/mol. The largest absolute Gasteiger partial charge is 0.489 e. The molecule has 0 aliphatic carbocycles. The summed E-state index contributed by atoms with van der Waals surface area (Å²) in [7, 11) is 0. The minimum atomic E-state index is -0.204. The molecule has 3 aromatic rings. The van der Waals surface area contributed by atoms with E-state index in [2.05, 4.69) is 10.2 Å². The second-order valence-corrected chi connectivity index (χ2v) is 9.29. The standard InChI is InChI=1S/C28H30ClN3O3/c1-20(2)28(34)32-16-14-31(15-17-32)26-13-12-23(18-25(26)29)30-27(33)22-10-8-21(9-11-22)19-35-24-6-4-3-5-7-24/h3-13,18,20H,14-17,19H2,1-2H3,(H,30,33). The molecule has 0 unspecified atom stereocenters. The molecule has 2 amide bonds. The molecule has 182 valence electrons. The maximum absolute atomic E-state index is 12.7. The van der Waals surface area contributed by atoms with Crippen LogP contribution in [0, 0.1) is 5.92 Å². The molecule has 1 heterocycles. The van der Waals surface area contributed by atoms with Crippen LogP contribution in [0.1, 0.15) is 29.8 Å². The zero-order chi connectivity index (χ0) is 24.8. The zero-order valence-corrected chi connectivity index (χ0v) is 20.8. The minimum absolute atomic E-state index is 0.00635. The summed E-state index contributed by atoms with van der Waals surface area (Å²) in [6, 6.07) is 22.5. The fraction of sp³-hybridized carbons (Fsp3) is 0.286. The summed E-state index contributed by atoms with van der Waals surface area (Å²) in [5.74, 6) is 0.795. The predicted molar refractivity (Wildman–Crippen MR) is 140 cm³/mol. The summed E-state index contributed by atoms with van der Waals surface area (Å²) in [5.41, 5.74) is 3.07. The fourth-order valence-corrected chi connectivity index (χ4v) is 4.31. The number of piperazine rings is 1. The molecule has 7 heteroatoms. The van der Waals surface area contributed by atoms with Crippen molar-refractivity contribution in [2.45, 2.75) is 20.5 Å². The number of anilines is 2. The van der Waals surface area contributed by atoms with Crippen LogP contribution in [0.15, 0.2) is 72.8 Å². The van der Waals surface area contributed by atoms with Gasteiger partial charge < -0.3 is 19.9 Å². The van der Waals surface area contributed by atoms with E-state index in [0.29, 0.717) is 36.0 Å². The number of carbonyl (C=O) groups excluding carboxylic acids is 2. The molecule has 1 saturated heterocycles. The highest BCUT2D eigenvalue weighted by molar-refractivity contribution is 6.33. The van der Waals surface area contributed by atoms with Gasteiger partial charge in [-0.3, -0.25) is 9.59 Å². The van der Waals surface area contributed by atoms with Crippen molar-refractivity contribution < 1.29 is 14.3 Å². The summed E-state index contributed by atoms with van der Waals surface area (Å²) in [6.45, 7) is 7.09. The second kappa shape index (κ2) is 11.3. The van der Waals surface area contributed by atoms with E-state index >= 15 is 0 Å². The molecule has 6 nitrogen and oxygen atoms in total. The monoisotopic (exact) mass is 491 g/mol. The van der Waals surface area contributed by atoms with E-state index in [-0.39, 0.29) is 17.7 Å². The molecule has 4 rings (SSSR count). The van der Waals surface area contributed by atoms with Crippen molar-refractivity contribution in [3.63, 3.8) is 0 Å². The van der Waals surface area contributed by atoms with Crippen molar-refractivity contribution >= 4 is 34.8 Å². The second-order valence-electron chi connectivity index (χ2n) is 8.89. The minimum Gasteiger partial charge on any atom is -0.489 e. The van der Waals surface area contributed by atoms with Gasteiger partial charge in [0.25, 0.3) is 5.91 Å². The summed E-state index contributed by atoms with van der Waals surface area (Å²) >= 11 is 6.56. The highest BCUT2D eigenvalue weighted by atomic mass is 35.5. The lowest BCUT2D eigenvalue weighted by Gasteiger charge is -2.37. The molecule has 1 aliphatic heterocycles. The Kier molecular flexibility index (Phi) is 7.93. The summed E-state index contributed by atoms with van der Waals surface area (Å²) in [4.78, 5) is 29.0. The van der Waals surface area contributed by atoms with E-state index in [0.717, 1.165) is 30.1 Å². The van der Waals surface area contributed by atoms with E-state index in [1.807, 2.05) is 73.3 Å². The number of benzene rings is 3. The van der Waals surface area contributed by atoms with Crippen LogP contribution in [0.5, 0.6) is 5.75 Å². The third kappa shape index (κ3) is 6.34. The Morgan fingerprint density at radius 3 is 2.26 bits per heavy atom. The zero-order valence-electron chi connectivity index (χ0n) is 20.0. The maximum atomic E-state index is 12.7. The van der Waals surface area contributed by atoms with E-state index in [9.17, 15) is 9.59 Å². The molecule has 0 aromatic heterocycles. The quantitative estimate of drug-likeness (QED) is 0.475. The Morgan fingerprint density at radius 1 is 0.943 bits per heavy atom. The Morgan fingerprint density at radius 2 is 1.63 bits per heavy atom. The van der Waals surface area contributed by atoms with E-state index in [1.165, 1.54) is 0 Å². The van der Waals surface area contributed by atoms with Crippen molar-refractivity contribution in [2.75, 3.05) is 36.4 Å². The van der Waals surface area contributed by atoms with Gasteiger partial charge in [-0.1, -0.05) is 55.8 Å². The number of nitrogens with zero attached hydrogens (tertiary/aromatic N) is 2. The SMILES string of the molecule is CC(C)C(=O)N1CCN(c2ccc(NC(=O)c3ccc(COc4ccccc4)cc3)cc2Cl)CC1. The lowest BCUT2D eigenvalue weighted by atomic mass is 10.1. The molecule has 0 spiro atoms. The Labute approximate surface area is 211 Å². The molecule has 1 N–H and O–H groups in total. The molecule has 0 bridgehead atoms. The Bertz CT molecular complexity index is 1160. The molecular formula is C28H30ClN3O3. The first-order valence-electron chi connectivity index (χ1n) is 11.8. The average Bonchev–Trinajstić information content (AvgIpc) is 2.88. The molecule has 1 fully saturated rings. The van der Waals surface area contributed by atoms with Crippen LogP contribution in [0.2, 0.25) is 5.02 Å². The molecule has 1 aliphatic rings. The normalized spacial score (nSPS) is 13.6. The van der Waals surface area contributed by atoms with E-state index in [1.54, 1.807) is 18.2 Å². The van der Waals surface area contributed by atoms with Crippen LogP contribution in [-0.4, -0.2) is 42.9 Å². The van der Waals surface area contributed by atoms with Gasteiger partial charge in [0.15, 0.2) is 0 Å². The Hall–Kier alpha value is -3.51. The number of halogens is 1. The van der Waals surface area contributed by atoms with Crippen molar-refractivity contribution in [1.29, 1.82) is 0 Å². The van der Waals surface area contributed by atoms with Crippen molar-refractivity contribution in [1.82, 2.24) is 4.90 Å². The lowest BCUT2D eigenvalue weighted by molar-refractivity contribution is -0.134. The molecule has 0 radical (unpaired) electrons. The summed E-state index contributed by atoms with van der Waals surface area (Å²) in [6.07, 6.45) is 0. The summed E-state index contributed by atoms with van der Waals surface area (Å²) < 4.78 is 5.75. The van der Waals surface area contributed by atoms with Gasteiger partial charge in [0.1, 0.15) is 12.4 Å². The van der Waals surface area contributed by atoms with Crippen molar-refractivity contribution in [2.24, 2.45) is 5.92 Å². The van der Waals surface area contributed by atoms with Crippen LogP contribution < -0.4 is 15.0 Å². The predicted octanol–water partition coefficient (Wildman–Crippen LogP) is 5.48. The number of ether oxygens (including phenoxy) is 1. The van der Waals surface area contributed by atoms with E-state index < -0.39 is 0 Å². The number of hydrogen-bond donors (Lipinski definition) is 1. The first-order valence-corrected chi connectivity index (χ1v) is 12.2. The van der Waals surface area contributed by atoms with Gasteiger partial charge in [-0.05, 0) is 48.0 Å². The highest BCUT2D eigenvalue weighted by Gasteiger charge is 2.24. The maximum Gasteiger partial charge on any atom is 0.255 e. The molecule has 0 saturated carbocycles. The highest BCUT2D eigenvalue weighted by Crippen LogP contribution is 2.30. The molecule has 35 heavy (non-hydrogen) atoms. The van der Waals surface area contributed by atoms with Crippen LogP contribution >= 0.6 is 11.6 Å². The number of nitrogens with one attached hydrogen (secondary N) is 1. The van der Waals surface area contributed by atoms with Gasteiger partial charge in [0.05, 0.1) is 10.7 Å². The number of para-hydroxylation sites is 1. The number of carbonyl (C=O) groups is 2. The number of hydrogen-bond acceptors (Lipinski definition) is 4. The smallest absolute Gasteiger partial charge is 0.255 e. The Balaban J connectivity index is 1.32. The van der Waals surface area contributed by atoms with Crippen molar-refractivity contribution in [3.8, 4) is 5.75 Å². The topological polar surface area (TPSA) is 61.9 Å². The molecular weight excluding hydrogens is 462 g/mol. The number of rotatable bonds is 7. The first kappa shape index (κ1) is 24.6. The number of amides is 2. The van der Waals surface area contributed by atoms with Gasteiger partial charge in [-0.2, -0.15) is 0 Å². The van der Waals surface area contributed by atoms with Crippen LogP contribution in [0.25, 0.3) is 0 Å². The first-order chi connectivity index (χ1) is 16.9.